The molecule has 0 radical (unpaired) electrons. The van der Waals surface area contributed by atoms with Crippen LogP contribution in [0.25, 0.3) is 0 Å². The van der Waals surface area contributed by atoms with Gasteiger partial charge in [0.05, 0.1) is 6.10 Å². The molecule has 13 N–H and O–H groups in total. The van der Waals surface area contributed by atoms with Crippen LogP contribution >= 0.6 is 0 Å². The first kappa shape index (κ1) is 39.1. The summed E-state index contributed by atoms with van der Waals surface area (Å²) in [6.07, 6.45) is -9.19. The minimum absolute atomic E-state index is 0.00621. The van der Waals surface area contributed by atoms with Gasteiger partial charge in [-0.25, -0.2) is 0 Å². The highest BCUT2D eigenvalue weighted by Gasteiger charge is 2.51. The molecule has 3 aliphatic heterocycles. The van der Waals surface area contributed by atoms with Crippen molar-refractivity contribution in [2.24, 2.45) is 0 Å². The van der Waals surface area contributed by atoms with E-state index in [2.05, 4.69) is 0 Å². The van der Waals surface area contributed by atoms with E-state index in [9.17, 15) is 66.4 Å². The summed E-state index contributed by atoms with van der Waals surface area (Å²) in [5.41, 5.74) is 0.560. The molecule has 314 valence electrons. The zero-order valence-electron chi connectivity index (χ0n) is 31.5. The molecule has 0 aliphatic carbocycles. The van der Waals surface area contributed by atoms with E-state index in [0.717, 1.165) is 12.1 Å². The maximum atomic E-state index is 12.6. The monoisotopic (exact) mass is 834 g/mol. The lowest BCUT2D eigenvalue weighted by Crippen LogP contribution is -2.40. The zero-order valence-corrected chi connectivity index (χ0v) is 31.5. The highest BCUT2D eigenvalue weighted by molar-refractivity contribution is 5.71. The Balaban J connectivity index is 1.36. The highest BCUT2D eigenvalue weighted by Crippen LogP contribution is 2.62. The Hall–Kier alpha value is -7.40. The standard InChI is InChI=1S/C45H38O16/c46-20-4-6-22(28(51)14-20)34-37-44-24(16-32(55)41(60-44)17-1-8-25(48)29(52)11-17)38(56)36(45(37)61-43(39(34)57)19-3-10-27(50)31(54)13-19)35-23-7-5-21(47)15-33(23)59-42(40(35)58)18-2-9-26(49)30(53)12-18/h1-15,32,34-35,39-43,46-58H,16H2/t32-,34-,35-,39-,40-,41+,42+,43+/m0/s1. The summed E-state index contributed by atoms with van der Waals surface area (Å²) in [5, 5.41) is 144. The molecule has 16 nitrogen and oxygen atoms in total. The van der Waals surface area contributed by atoms with Crippen molar-refractivity contribution in [3.05, 3.63) is 136 Å². The minimum Gasteiger partial charge on any atom is -0.508 e. The van der Waals surface area contributed by atoms with Gasteiger partial charge in [0, 0.05) is 58.2 Å². The molecule has 0 fully saturated rings. The van der Waals surface area contributed by atoms with Gasteiger partial charge in [-0.05, 0) is 65.2 Å². The Labute approximate surface area is 345 Å². The van der Waals surface area contributed by atoms with Crippen molar-refractivity contribution in [1.29, 1.82) is 0 Å². The summed E-state index contributed by atoms with van der Waals surface area (Å²) in [7, 11) is 0. The van der Waals surface area contributed by atoms with Gasteiger partial charge in [-0.1, -0.05) is 30.3 Å². The van der Waals surface area contributed by atoms with Crippen LogP contribution in [0.2, 0.25) is 0 Å². The van der Waals surface area contributed by atoms with Crippen LogP contribution in [-0.4, -0.2) is 84.7 Å². The summed E-state index contributed by atoms with van der Waals surface area (Å²) < 4.78 is 19.5. The van der Waals surface area contributed by atoms with Gasteiger partial charge in [-0.2, -0.15) is 0 Å². The molecule has 3 heterocycles. The molecule has 61 heavy (non-hydrogen) atoms. The van der Waals surface area contributed by atoms with Crippen LogP contribution in [0.5, 0.6) is 74.7 Å². The summed E-state index contributed by atoms with van der Waals surface area (Å²) in [4.78, 5) is 0. The number of aromatic hydroxyl groups is 10. The highest BCUT2D eigenvalue weighted by atomic mass is 16.5. The molecule has 3 aliphatic rings. The van der Waals surface area contributed by atoms with Crippen molar-refractivity contribution in [1.82, 2.24) is 0 Å². The Morgan fingerprint density at radius 3 is 1.43 bits per heavy atom. The molecule has 9 rings (SSSR count). The van der Waals surface area contributed by atoms with Gasteiger partial charge >= 0.3 is 0 Å². The van der Waals surface area contributed by atoms with E-state index in [1.807, 2.05) is 0 Å². The van der Waals surface area contributed by atoms with E-state index in [1.54, 1.807) is 0 Å². The number of aliphatic hydroxyl groups excluding tert-OH is 3. The molecule has 0 saturated carbocycles. The number of rotatable bonds is 5. The second-order valence-electron chi connectivity index (χ2n) is 15.3. The van der Waals surface area contributed by atoms with Crippen LogP contribution in [0.15, 0.2) is 91.0 Å². The lowest BCUT2D eigenvalue weighted by atomic mass is 9.72. The molecule has 0 aromatic heterocycles. The minimum atomic E-state index is -1.68. The largest absolute Gasteiger partial charge is 0.508 e. The van der Waals surface area contributed by atoms with Crippen LogP contribution < -0.4 is 14.2 Å². The van der Waals surface area contributed by atoms with E-state index in [4.69, 9.17) is 14.2 Å². The van der Waals surface area contributed by atoms with Crippen LogP contribution in [0, 0.1) is 0 Å². The topological polar surface area (TPSA) is 291 Å². The molecular weight excluding hydrogens is 796 g/mol. The first-order valence-electron chi connectivity index (χ1n) is 19.0. The van der Waals surface area contributed by atoms with Crippen molar-refractivity contribution in [3.63, 3.8) is 0 Å². The quantitative estimate of drug-likeness (QED) is 0.101. The van der Waals surface area contributed by atoms with E-state index in [0.29, 0.717) is 0 Å². The smallest absolute Gasteiger partial charge is 0.157 e. The van der Waals surface area contributed by atoms with Crippen molar-refractivity contribution in [3.8, 4) is 74.7 Å². The maximum Gasteiger partial charge on any atom is 0.157 e. The molecule has 0 saturated heterocycles. The Morgan fingerprint density at radius 1 is 0.410 bits per heavy atom. The molecule has 8 atom stereocenters. The second kappa shape index (κ2) is 14.4. The first-order chi connectivity index (χ1) is 29.1. The number of hydrogen-bond acceptors (Lipinski definition) is 16. The third kappa shape index (κ3) is 6.35. The van der Waals surface area contributed by atoms with Crippen molar-refractivity contribution < 1.29 is 80.6 Å². The lowest BCUT2D eigenvalue weighted by Gasteiger charge is -2.44. The van der Waals surface area contributed by atoms with Gasteiger partial charge in [0.1, 0.15) is 58.6 Å². The van der Waals surface area contributed by atoms with Crippen LogP contribution in [0.1, 0.15) is 74.7 Å². The molecule has 0 bridgehead atoms. The lowest BCUT2D eigenvalue weighted by molar-refractivity contribution is -0.00866. The SMILES string of the molecule is Oc1ccc([C@H]2c3c4c(c(O)c([C@@H]5c6ccc(O)cc6O[C@H](c6ccc(O)c(O)c6)[C@H]5O)c3O[C@H](c3ccc(O)c(O)c3)[C@H]2O)C[C@H](O)[C@@H](c2ccc(O)c(O)c2)O4)c(O)c1. The fourth-order valence-electron chi connectivity index (χ4n) is 8.76. The van der Waals surface area contributed by atoms with Crippen LogP contribution in [0.4, 0.5) is 0 Å². The second-order valence-corrected chi connectivity index (χ2v) is 15.3. The molecule has 16 heteroatoms. The van der Waals surface area contributed by atoms with E-state index < -0.39 is 94.5 Å². The molecule has 0 spiro atoms. The van der Waals surface area contributed by atoms with Crippen molar-refractivity contribution in [2.75, 3.05) is 0 Å². The van der Waals surface area contributed by atoms with Gasteiger partial charge in [0.2, 0.25) is 0 Å². The van der Waals surface area contributed by atoms with E-state index in [-0.39, 0.29) is 79.7 Å². The summed E-state index contributed by atoms with van der Waals surface area (Å²) in [6.45, 7) is 0. The summed E-state index contributed by atoms with van der Waals surface area (Å²) >= 11 is 0. The number of hydrogen-bond donors (Lipinski definition) is 13. The maximum absolute atomic E-state index is 12.6. The molecule has 6 aromatic carbocycles. The molecule has 6 aromatic rings. The third-order valence-electron chi connectivity index (χ3n) is 11.6. The number of aliphatic hydroxyl groups is 3. The number of phenols is 10. The van der Waals surface area contributed by atoms with Crippen LogP contribution in [0.3, 0.4) is 0 Å². The van der Waals surface area contributed by atoms with Gasteiger partial charge in [-0.15, -0.1) is 0 Å². The third-order valence-corrected chi connectivity index (χ3v) is 11.6. The number of benzene rings is 6. The van der Waals surface area contributed by atoms with Crippen LogP contribution in [-0.2, 0) is 6.42 Å². The van der Waals surface area contributed by atoms with E-state index in [1.165, 1.54) is 78.9 Å². The average Bonchev–Trinajstić information content (AvgIpc) is 3.22. The fourth-order valence-corrected chi connectivity index (χ4v) is 8.76. The summed E-state index contributed by atoms with van der Waals surface area (Å²) in [5.74, 6) is -7.61. The van der Waals surface area contributed by atoms with Gasteiger partial charge < -0.3 is 80.6 Å². The Kier molecular flexibility index (Phi) is 9.23. The van der Waals surface area contributed by atoms with Gasteiger partial charge in [-0.3, -0.25) is 0 Å². The van der Waals surface area contributed by atoms with Gasteiger partial charge in [0.25, 0.3) is 0 Å². The Morgan fingerprint density at radius 2 is 0.885 bits per heavy atom. The zero-order chi connectivity index (χ0) is 43.2. The number of phenolic OH excluding ortho intramolecular Hbond substituents is 10. The van der Waals surface area contributed by atoms with E-state index >= 15 is 0 Å². The normalized spacial score (nSPS) is 24.0. The number of ether oxygens (including phenoxy) is 3. The first-order valence-corrected chi connectivity index (χ1v) is 19.0. The average molecular weight is 835 g/mol. The van der Waals surface area contributed by atoms with Crippen molar-refractivity contribution >= 4 is 0 Å². The van der Waals surface area contributed by atoms with Crippen molar-refractivity contribution in [2.45, 2.75) is 54.9 Å². The Bertz CT molecular complexity index is 2730. The molecular formula is C45H38O16. The number of fused-ring (bicyclic) bond motifs is 4. The fraction of sp³-hybridized carbons (Fsp3) is 0.200. The molecule has 0 unspecified atom stereocenters. The molecule has 0 amide bonds. The van der Waals surface area contributed by atoms with Gasteiger partial charge in [0.15, 0.2) is 46.7 Å². The predicted octanol–water partition coefficient (Wildman–Crippen LogP) is 5.03. The predicted molar refractivity (Wildman–Crippen MR) is 211 cm³/mol. The summed E-state index contributed by atoms with van der Waals surface area (Å²) in [6, 6.07) is 18.9.